The number of nitrogens with one attached hydrogen (secondary N) is 1. The summed E-state index contributed by atoms with van der Waals surface area (Å²) >= 11 is 1.45. The van der Waals surface area contributed by atoms with Gasteiger partial charge < -0.3 is 10.4 Å². The van der Waals surface area contributed by atoms with Crippen LogP contribution in [0.1, 0.15) is 32.1 Å². The van der Waals surface area contributed by atoms with Crippen LogP contribution >= 0.6 is 11.3 Å². The number of nitrogens with zero attached hydrogens (tertiary/aromatic N) is 1. The third-order valence-electron chi connectivity index (χ3n) is 3.23. The molecule has 0 bridgehead atoms. The molecule has 0 saturated heterocycles. The first-order chi connectivity index (χ1) is 8.36. The van der Waals surface area contributed by atoms with Crippen molar-refractivity contribution in [2.45, 2.75) is 33.7 Å². The zero-order chi connectivity index (χ0) is 13.8. The van der Waals surface area contributed by atoms with Crippen LogP contribution in [0.2, 0.25) is 0 Å². The second-order valence-electron chi connectivity index (χ2n) is 4.80. The number of carboxylic acid groups (broad SMARTS) is 1. The molecule has 2 N–H and O–H groups in total. The van der Waals surface area contributed by atoms with E-state index in [4.69, 9.17) is 0 Å². The van der Waals surface area contributed by atoms with Crippen molar-refractivity contribution in [1.82, 2.24) is 10.3 Å². The van der Waals surface area contributed by atoms with Crippen molar-refractivity contribution in [3.63, 3.8) is 0 Å². The topological polar surface area (TPSA) is 79.3 Å². The quantitative estimate of drug-likeness (QED) is 0.827. The summed E-state index contributed by atoms with van der Waals surface area (Å²) in [5.74, 6) is -1.29. The smallest absolute Gasteiger partial charge is 0.310 e. The predicted octanol–water partition coefficient (Wildman–Crippen LogP) is 1.90. The molecule has 0 aromatic carbocycles. The molecule has 1 aromatic rings. The number of carbonyl (C=O) groups excluding carboxylic acids is 1. The summed E-state index contributed by atoms with van der Waals surface area (Å²) < 4.78 is 0. The maximum atomic E-state index is 11.8. The average molecular weight is 270 g/mol. The molecule has 0 radical (unpaired) electrons. The number of hydrogen-bond acceptors (Lipinski definition) is 4. The fraction of sp³-hybridized carbons (Fsp3) is 0.583. The van der Waals surface area contributed by atoms with Gasteiger partial charge in [-0.25, -0.2) is 0 Å². The lowest BCUT2D eigenvalue weighted by molar-refractivity contribution is -0.153. The highest BCUT2D eigenvalue weighted by Gasteiger charge is 2.38. The highest BCUT2D eigenvalue weighted by atomic mass is 32.1. The lowest BCUT2D eigenvalue weighted by Gasteiger charge is -2.28. The van der Waals surface area contributed by atoms with Crippen molar-refractivity contribution in [2.24, 2.45) is 11.3 Å². The SMILES string of the molecule is CC(C)C(C)(CC(=O)NCc1cncs1)C(=O)O. The maximum absolute atomic E-state index is 11.8. The Morgan fingerprint density at radius 2 is 2.22 bits per heavy atom. The van der Waals surface area contributed by atoms with Crippen LogP contribution < -0.4 is 5.32 Å². The van der Waals surface area contributed by atoms with Crippen molar-refractivity contribution in [3.8, 4) is 0 Å². The van der Waals surface area contributed by atoms with Crippen molar-refractivity contribution in [2.75, 3.05) is 0 Å². The Bertz CT molecular complexity index is 417. The highest BCUT2D eigenvalue weighted by Crippen LogP contribution is 2.31. The molecule has 0 fully saturated rings. The normalized spacial score (nSPS) is 14.2. The van der Waals surface area contributed by atoms with Crippen LogP contribution in [0.25, 0.3) is 0 Å². The molecule has 1 unspecified atom stereocenters. The Morgan fingerprint density at radius 3 is 2.67 bits per heavy atom. The molecule has 0 aliphatic heterocycles. The molecule has 1 aromatic heterocycles. The monoisotopic (exact) mass is 270 g/mol. The molecule has 1 atom stereocenters. The maximum Gasteiger partial charge on any atom is 0.310 e. The third kappa shape index (κ3) is 3.53. The Labute approximate surface area is 110 Å². The van der Waals surface area contributed by atoms with Crippen LogP contribution in [0.3, 0.4) is 0 Å². The second kappa shape index (κ2) is 5.95. The number of aliphatic carboxylic acids is 1. The summed E-state index contributed by atoms with van der Waals surface area (Å²) in [6, 6.07) is 0. The van der Waals surface area contributed by atoms with Gasteiger partial charge in [0.15, 0.2) is 0 Å². The molecule has 1 rings (SSSR count). The number of carboxylic acids is 1. The van der Waals surface area contributed by atoms with Gasteiger partial charge in [0.1, 0.15) is 0 Å². The van der Waals surface area contributed by atoms with Gasteiger partial charge in [-0.1, -0.05) is 13.8 Å². The molecule has 0 spiro atoms. The number of amides is 1. The Morgan fingerprint density at radius 1 is 1.56 bits per heavy atom. The van der Waals surface area contributed by atoms with Gasteiger partial charge in [0.05, 0.1) is 17.5 Å². The second-order valence-corrected chi connectivity index (χ2v) is 5.77. The van der Waals surface area contributed by atoms with Gasteiger partial charge in [0.2, 0.25) is 5.91 Å². The van der Waals surface area contributed by atoms with E-state index in [2.05, 4.69) is 10.3 Å². The number of thiazole rings is 1. The number of carbonyl (C=O) groups is 2. The van der Waals surface area contributed by atoms with Crippen LogP contribution in [0.15, 0.2) is 11.7 Å². The molecular formula is C12H18N2O3S. The number of hydrogen-bond donors (Lipinski definition) is 2. The van der Waals surface area contributed by atoms with Crippen LogP contribution in [0.4, 0.5) is 0 Å². The van der Waals surface area contributed by atoms with Gasteiger partial charge in [0, 0.05) is 17.5 Å². The van der Waals surface area contributed by atoms with E-state index in [0.717, 1.165) is 4.88 Å². The molecule has 6 heteroatoms. The van der Waals surface area contributed by atoms with Crippen molar-refractivity contribution >= 4 is 23.2 Å². The van der Waals surface area contributed by atoms with E-state index in [1.54, 1.807) is 18.6 Å². The lowest BCUT2D eigenvalue weighted by atomic mass is 9.76. The molecule has 0 aliphatic rings. The molecule has 0 saturated carbocycles. The van der Waals surface area contributed by atoms with Gasteiger partial charge in [-0.3, -0.25) is 14.6 Å². The number of rotatable bonds is 6. The van der Waals surface area contributed by atoms with Crippen molar-refractivity contribution in [3.05, 3.63) is 16.6 Å². The van der Waals surface area contributed by atoms with Gasteiger partial charge in [-0.15, -0.1) is 11.3 Å². The van der Waals surface area contributed by atoms with Crippen LogP contribution in [-0.4, -0.2) is 22.0 Å². The van der Waals surface area contributed by atoms with Crippen LogP contribution in [0, 0.1) is 11.3 Å². The Balaban J connectivity index is 2.55. The average Bonchev–Trinajstić information content (AvgIpc) is 2.78. The summed E-state index contributed by atoms with van der Waals surface area (Å²) in [7, 11) is 0. The van der Waals surface area contributed by atoms with Crippen molar-refractivity contribution < 1.29 is 14.7 Å². The van der Waals surface area contributed by atoms with E-state index in [-0.39, 0.29) is 18.2 Å². The minimum Gasteiger partial charge on any atom is -0.481 e. The first kappa shape index (κ1) is 14.6. The van der Waals surface area contributed by atoms with Crippen LogP contribution in [0.5, 0.6) is 0 Å². The van der Waals surface area contributed by atoms with Gasteiger partial charge in [-0.2, -0.15) is 0 Å². The van der Waals surface area contributed by atoms with E-state index in [0.29, 0.717) is 6.54 Å². The number of aromatic nitrogens is 1. The lowest BCUT2D eigenvalue weighted by Crippen LogP contribution is -2.38. The van der Waals surface area contributed by atoms with E-state index in [9.17, 15) is 14.7 Å². The first-order valence-electron chi connectivity index (χ1n) is 5.73. The predicted molar refractivity (Wildman–Crippen MR) is 69.2 cm³/mol. The largest absolute Gasteiger partial charge is 0.481 e. The van der Waals surface area contributed by atoms with E-state index in [1.807, 2.05) is 13.8 Å². The summed E-state index contributed by atoms with van der Waals surface area (Å²) in [4.78, 5) is 27.9. The fourth-order valence-corrected chi connectivity index (χ4v) is 1.97. The summed E-state index contributed by atoms with van der Waals surface area (Å²) in [6.45, 7) is 5.62. The summed E-state index contributed by atoms with van der Waals surface area (Å²) in [6.07, 6.45) is 1.67. The molecular weight excluding hydrogens is 252 g/mol. The minimum absolute atomic E-state index is 0.0151. The summed E-state index contributed by atoms with van der Waals surface area (Å²) in [5, 5.41) is 11.9. The molecule has 1 heterocycles. The Hall–Kier alpha value is -1.43. The molecule has 18 heavy (non-hydrogen) atoms. The zero-order valence-corrected chi connectivity index (χ0v) is 11.6. The van der Waals surface area contributed by atoms with E-state index in [1.165, 1.54) is 11.3 Å². The fourth-order valence-electron chi connectivity index (χ4n) is 1.44. The zero-order valence-electron chi connectivity index (χ0n) is 10.8. The standard InChI is InChI=1S/C12H18N2O3S/c1-8(2)12(3,11(16)17)4-10(15)14-6-9-5-13-7-18-9/h5,7-8H,4,6H2,1-3H3,(H,14,15)(H,16,17). The molecule has 5 nitrogen and oxygen atoms in total. The van der Waals surface area contributed by atoms with Gasteiger partial charge in [0.25, 0.3) is 0 Å². The minimum atomic E-state index is -1.03. The van der Waals surface area contributed by atoms with Gasteiger partial charge in [-0.05, 0) is 12.8 Å². The summed E-state index contributed by atoms with van der Waals surface area (Å²) in [5.41, 5.74) is 0.661. The van der Waals surface area contributed by atoms with Gasteiger partial charge >= 0.3 is 5.97 Å². The Kier molecular flexibility index (Phi) is 4.84. The molecule has 0 aliphatic carbocycles. The molecule has 100 valence electrons. The molecule has 1 amide bonds. The highest BCUT2D eigenvalue weighted by molar-refractivity contribution is 7.09. The van der Waals surface area contributed by atoms with Crippen molar-refractivity contribution in [1.29, 1.82) is 0 Å². The van der Waals surface area contributed by atoms with E-state index >= 15 is 0 Å². The first-order valence-corrected chi connectivity index (χ1v) is 6.61. The van der Waals surface area contributed by atoms with Crippen LogP contribution in [-0.2, 0) is 16.1 Å². The van der Waals surface area contributed by atoms with E-state index < -0.39 is 11.4 Å². The third-order valence-corrected chi connectivity index (χ3v) is 4.01.